The van der Waals surface area contributed by atoms with E-state index < -0.39 is 17.2 Å². The second-order valence-electron chi connectivity index (χ2n) is 7.53. The van der Waals surface area contributed by atoms with Crippen molar-refractivity contribution in [2.45, 2.75) is 47.5 Å². The summed E-state index contributed by atoms with van der Waals surface area (Å²) in [5.41, 5.74) is 2.78. The van der Waals surface area contributed by atoms with E-state index in [1.807, 2.05) is 0 Å². The molecule has 0 amide bonds. The van der Waals surface area contributed by atoms with Crippen LogP contribution >= 0.6 is 0 Å². The zero-order valence-corrected chi connectivity index (χ0v) is 19.4. The number of allylic oxidation sites excluding steroid dienone is 3. The van der Waals surface area contributed by atoms with Gasteiger partial charge in [-0.15, -0.1) is 0 Å². The molecule has 0 aromatic heterocycles. The fourth-order valence-electron chi connectivity index (χ4n) is 2.29. The predicted molar refractivity (Wildman–Crippen MR) is 124 cm³/mol. The Morgan fingerprint density at radius 1 is 1.32 bits per heavy atom. The van der Waals surface area contributed by atoms with E-state index in [1.165, 1.54) is 18.6 Å². The van der Waals surface area contributed by atoms with Crippen LogP contribution in [-0.2, 0) is 11.2 Å². The highest BCUT2D eigenvalue weighted by molar-refractivity contribution is 5.92. The third kappa shape index (κ3) is 10.6. The normalized spacial score (nSPS) is 12.6. The molecule has 1 aromatic rings. The summed E-state index contributed by atoms with van der Waals surface area (Å²) < 4.78 is 27.9. The van der Waals surface area contributed by atoms with Crippen molar-refractivity contribution in [2.24, 2.45) is 10.5 Å². The Morgan fingerprint density at radius 2 is 1.94 bits per heavy atom. The SMILES string of the molecule is C=C(NCCc1cccc(F)c1)/C(=C\C(F)=C(/C)C(C)(C)/C=N\NC)C(=O)O.CCC. The Morgan fingerprint density at radius 3 is 2.45 bits per heavy atom. The van der Waals surface area contributed by atoms with E-state index in [4.69, 9.17) is 0 Å². The molecule has 0 saturated heterocycles. The van der Waals surface area contributed by atoms with Gasteiger partial charge in [0.1, 0.15) is 11.6 Å². The second kappa shape index (κ2) is 14.1. The van der Waals surface area contributed by atoms with E-state index in [2.05, 4.69) is 36.3 Å². The van der Waals surface area contributed by atoms with Crippen LogP contribution in [0.2, 0.25) is 0 Å². The first kappa shape index (κ1) is 28.0. The summed E-state index contributed by atoms with van der Waals surface area (Å²) in [5.74, 6) is -2.31. The third-order valence-electron chi connectivity index (χ3n) is 4.31. The minimum absolute atomic E-state index is 0.0774. The number of nitrogens with one attached hydrogen (secondary N) is 2. The number of carboxylic acid groups (broad SMARTS) is 1. The Balaban J connectivity index is 0.00000282. The monoisotopic (exact) mass is 435 g/mol. The number of hydrogen-bond donors (Lipinski definition) is 3. The molecule has 3 N–H and O–H groups in total. The van der Waals surface area contributed by atoms with Crippen molar-refractivity contribution >= 4 is 12.2 Å². The zero-order valence-electron chi connectivity index (χ0n) is 19.4. The Labute approximate surface area is 184 Å². The average Bonchev–Trinajstić information content (AvgIpc) is 2.70. The summed E-state index contributed by atoms with van der Waals surface area (Å²) in [6, 6.07) is 6.12. The molecule has 1 rings (SSSR count). The van der Waals surface area contributed by atoms with Crippen LogP contribution in [0.4, 0.5) is 8.78 Å². The number of hydrazone groups is 1. The number of hydrogen-bond acceptors (Lipinski definition) is 4. The van der Waals surface area contributed by atoms with Crippen molar-refractivity contribution in [3.05, 3.63) is 71.0 Å². The number of benzene rings is 1. The first-order valence-electron chi connectivity index (χ1n) is 10.2. The van der Waals surface area contributed by atoms with E-state index in [9.17, 15) is 18.7 Å². The van der Waals surface area contributed by atoms with Gasteiger partial charge in [0.05, 0.1) is 5.57 Å². The molecule has 0 aliphatic heterocycles. The molecular formula is C24H35F2N3O2. The minimum Gasteiger partial charge on any atom is -0.478 e. The molecule has 1 aromatic carbocycles. The minimum atomic E-state index is -1.30. The maximum atomic E-state index is 14.7. The standard InChI is InChI=1S/C21H27F2N3O2.C3H8/c1-14(21(3,4)13-26-24-5)19(23)12-18(20(27)28)15(2)25-10-9-16-7-6-8-17(22)11-16;1-3-2/h6-8,11-13,24-25H,2,9-10H2,1,3-5H3,(H,27,28);3H2,1-2H3/b18-12+,19-14-,26-13-;. The molecule has 0 radical (unpaired) electrons. The highest BCUT2D eigenvalue weighted by Gasteiger charge is 2.22. The summed E-state index contributed by atoms with van der Waals surface area (Å²) in [7, 11) is 1.63. The topological polar surface area (TPSA) is 73.7 Å². The van der Waals surface area contributed by atoms with Crippen LogP contribution in [0.3, 0.4) is 0 Å². The molecule has 0 fully saturated rings. The van der Waals surface area contributed by atoms with Gasteiger partial charge in [-0.25, -0.2) is 13.6 Å². The second-order valence-corrected chi connectivity index (χ2v) is 7.53. The molecule has 0 aliphatic carbocycles. The summed E-state index contributed by atoms with van der Waals surface area (Å²) >= 11 is 0. The highest BCUT2D eigenvalue weighted by Crippen LogP contribution is 2.28. The quantitative estimate of drug-likeness (QED) is 0.200. The molecule has 5 nitrogen and oxygen atoms in total. The van der Waals surface area contributed by atoms with E-state index in [1.54, 1.807) is 46.2 Å². The van der Waals surface area contributed by atoms with E-state index in [-0.39, 0.29) is 17.1 Å². The number of carbonyl (C=O) groups is 1. The van der Waals surface area contributed by atoms with Gasteiger partial charge >= 0.3 is 5.97 Å². The van der Waals surface area contributed by atoms with Crippen LogP contribution in [0, 0.1) is 11.2 Å². The number of rotatable bonds is 10. The molecular weight excluding hydrogens is 400 g/mol. The molecule has 0 aliphatic rings. The van der Waals surface area contributed by atoms with Crippen LogP contribution in [0.15, 0.2) is 64.7 Å². The molecule has 0 atom stereocenters. The van der Waals surface area contributed by atoms with Crippen molar-refractivity contribution in [1.82, 2.24) is 10.7 Å². The lowest BCUT2D eigenvalue weighted by Gasteiger charge is -2.20. The first-order valence-corrected chi connectivity index (χ1v) is 10.2. The van der Waals surface area contributed by atoms with Crippen molar-refractivity contribution in [2.75, 3.05) is 13.6 Å². The van der Waals surface area contributed by atoms with Crippen molar-refractivity contribution in [1.29, 1.82) is 0 Å². The molecule has 0 heterocycles. The molecule has 172 valence electrons. The van der Waals surface area contributed by atoms with Gasteiger partial charge in [-0.1, -0.05) is 52.8 Å². The Hall–Kier alpha value is -2.96. The molecule has 0 spiro atoms. The van der Waals surface area contributed by atoms with E-state index >= 15 is 0 Å². The van der Waals surface area contributed by atoms with Crippen LogP contribution in [0.5, 0.6) is 0 Å². The van der Waals surface area contributed by atoms with Gasteiger partial charge < -0.3 is 15.8 Å². The summed E-state index contributed by atoms with van der Waals surface area (Å²) in [4.78, 5) is 11.6. The summed E-state index contributed by atoms with van der Waals surface area (Å²) in [6.45, 7) is 13.4. The van der Waals surface area contributed by atoms with E-state index in [0.717, 1.165) is 11.6 Å². The largest absolute Gasteiger partial charge is 0.478 e. The smallest absolute Gasteiger partial charge is 0.337 e. The maximum absolute atomic E-state index is 14.7. The molecule has 0 bridgehead atoms. The average molecular weight is 436 g/mol. The number of nitrogens with zero attached hydrogens (tertiary/aromatic N) is 1. The fourth-order valence-corrected chi connectivity index (χ4v) is 2.29. The third-order valence-corrected chi connectivity index (χ3v) is 4.31. The van der Waals surface area contributed by atoms with E-state index in [0.29, 0.717) is 18.5 Å². The van der Waals surface area contributed by atoms with Crippen LogP contribution < -0.4 is 10.7 Å². The van der Waals surface area contributed by atoms with Gasteiger partial charge in [-0.05, 0) is 42.7 Å². The summed E-state index contributed by atoms with van der Waals surface area (Å²) in [6.07, 6.45) is 4.21. The zero-order chi connectivity index (χ0) is 24.0. The predicted octanol–water partition coefficient (Wildman–Crippen LogP) is 5.37. The van der Waals surface area contributed by atoms with Crippen LogP contribution in [0.25, 0.3) is 0 Å². The Bertz CT molecular complexity index is 828. The van der Waals surface area contributed by atoms with Gasteiger partial charge in [0, 0.05) is 30.9 Å². The van der Waals surface area contributed by atoms with Crippen LogP contribution in [-0.4, -0.2) is 30.9 Å². The van der Waals surface area contributed by atoms with Gasteiger partial charge in [-0.3, -0.25) is 0 Å². The lowest BCUT2D eigenvalue weighted by molar-refractivity contribution is -0.132. The fraction of sp³-hybridized carbons (Fsp3) is 0.417. The first-order chi connectivity index (χ1) is 14.5. The van der Waals surface area contributed by atoms with Gasteiger partial charge in [-0.2, -0.15) is 5.10 Å². The van der Waals surface area contributed by atoms with Gasteiger partial charge in [0.15, 0.2) is 0 Å². The molecule has 31 heavy (non-hydrogen) atoms. The maximum Gasteiger partial charge on any atom is 0.337 e. The molecule has 0 saturated carbocycles. The number of halogens is 2. The van der Waals surface area contributed by atoms with Crippen molar-refractivity contribution in [3.8, 4) is 0 Å². The van der Waals surface area contributed by atoms with Crippen LogP contribution in [0.1, 0.15) is 46.6 Å². The van der Waals surface area contributed by atoms with Gasteiger partial charge in [0.2, 0.25) is 0 Å². The number of aliphatic carboxylic acids is 1. The lowest BCUT2D eigenvalue weighted by atomic mass is 9.85. The highest BCUT2D eigenvalue weighted by atomic mass is 19.1. The Kier molecular flexibility index (Phi) is 12.8. The summed E-state index contributed by atoms with van der Waals surface area (Å²) in [5, 5.41) is 16.2. The molecule has 7 heteroatoms. The van der Waals surface area contributed by atoms with Gasteiger partial charge in [0.25, 0.3) is 0 Å². The van der Waals surface area contributed by atoms with Crippen molar-refractivity contribution < 1.29 is 18.7 Å². The lowest BCUT2D eigenvalue weighted by Crippen LogP contribution is -2.21. The molecule has 0 unspecified atom stereocenters. The van der Waals surface area contributed by atoms with Crippen molar-refractivity contribution in [3.63, 3.8) is 0 Å². The number of carboxylic acids is 1.